The summed E-state index contributed by atoms with van der Waals surface area (Å²) in [6.45, 7) is 8.91. The van der Waals surface area contributed by atoms with Crippen LogP contribution in [-0.2, 0) is 21.2 Å². The molecule has 5 heterocycles. The predicted molar refractivity (Wildman–Crippen MR) is 149 cm³/mol. The van der Waals surface area contributed by atoms with Crippen molar-refractivity contribution in [2.45, 2.75) is 18.2 Å². The molecule has 3 aliphatic rings. The van der Waals surface area contributed by atoms with Gasteiger partial charge in [-0.15, -0.1) is 0 Å². The van der Waals surface area contributed by atoms with Gasteiger partial charge >= 0.3 is 0 Å². The van der Waals surface area contributed by atoms with E-state index in [0.717, 1.165) is 54.4 Å². The van der Waals surface area contributed by atoms with Gasteiger partial charge in [-0.2, -0.15) is 9.29 Å². The number of nitrogens with two attached hydrogens (primary N) is 1. The van der Waals surface area contributed by atoms with Gasteiger partial charge in [0, 0.05) is 75.0 Å². The van der Waals surface area contributed by atoms with Crippen LogP contribution >= 0.6 is 0 Å². The third-order valence-corrected chi connectivity index (χ3v) is 9.53. The number of nitrogen functional groups attached to an aromatic ring is 1. The monoisotopic (exact) mass is 551 g/mol. The van der Waals surface area contributed by atoms with Crippen molar-refractivity contribution < 1.29 is 13.2 Å². The zero-order chi connectivity index (χ0) is 27.0. The van der Waals surface area contributed by atoms with Crippen LogP contribution in [0.2, 0.25) is 0 Å². The number of sulfonamides is 1. The molecule has 0 spiro atoms. The third kappa shape index (κ3) is 5.02. The van der Waals surface area contributed by atoms with Crippen LogP contribution in [0.4, 0.5) is 23.4 Å². The molecule has 2 saturated heterocycles. The minimum atomic E-state index is -3.54. The number of rotatable bonds is 6. The molecule has 39 heavy (non-hydrogen) atoms. The first-order valence-electron chi connectivity index (χ1n) is 13.4. The van der Waals surface area contributed by atoms with Crippen LogP contribution < -0.4 is 15.5 Å². The van der Waals surface area contributed by atoms with Crippen molar-refractivity contribution in [3.63, 3.8) is 0 Å². The summed E-state index contributed by atoms with van der Waals surface area (Å²) in [4.78, 5) is 25.1. The van der Waals surface area contributed by atoms with Gasteiger partial charge in [0.05, 0.1) is 23.8 Å². The van der Waals surface area contributed by atoms with E-state index in [1.807, 2.05) is 12.1 Å². The zero-order valence-corrected chi connectivity index (χ0v) is 22.8. The Labute approximate surface area is 228 Å². The van der Waals surface area contributed by atoms with E-state index in [4.69, 9.17) is 20.4 Å². The van der Waals surface area contributed by atoms with Gasteiger partial charge < -0.3 is 25.2 Å². The highest BCUT2D eigenvalue weighted by Crippen LogP contribution is 2.39. The van der Waals surface area contributed by atoms with Crippen molar-refractivity contribution in [1.82, 2.24) is 29.1 Å². The van der Waals surface area contributed by atoms with Gasteiger partial charge in [-0.1, -0.05) is 6.92 Å². The largest absolute Gasteiger partial charge is 0.378 e. The average Bonchev–Trinajstić information content (AvgIpc) is 3.42. The second-order valence-electron chi connectivity index (χ2n) is 9.84. The fourth-order valence-electron chi connectivity index (χ4n) is 5.33. The van der Waals surface area contributed by atoms with Crippen LogP contribution in [0, 0.1) is 0 Å². The summed E-state index contributed by atoms with van der Waals surface area (Å²) in [5.41, 5.74) is 9.19. The standard InChI is InChI=1S/C26H33N9O3S/c1-2-32-9-11-34(12-10-32)39(36,37)21-5-3-20(4-6-21)35-8-7-22-23(19-17-28-25(27)29-18-19)30-26(31-24(22)35)33-13-15-38-16-14-33/h3-6,17-18H,2,7-16H2,1H3,(H2,27,28,29). The van der Waals surface area contributed by atoms with Crippen LogP contribution in [0.25, 0.3) is 11.3 Å². The molecule has 1 aromatic carbocycles. The second kappa shape index (κ2) is 10.6. The maximum atomic E-state index is 13.3. The summed E-state index contributed by atoms with van der Waals surface area (Å²) >= 11 is 0. The van der Waals surface area contributed by atoms with E-state index in [1.54, 1.807) is 28.8 Å². The van der Waals surface area contributed by atoms with Crippen molar-refractivity contribution in [3.8, 4) is 11.3 Å². The highest BCUT2D eigenvalue weighted by atomic mass is 32.2. The Kier molecular flexibility index (Phi) is 7.06. The van der Waals surface area contributed by atoms with Gasteiger partial charge in [-0.05, 0) is 37.2 Å². The Morgan fingerprint density at radius 2 is 1.62 bits per heavy atom. The fraction of sp³-hybridized carbons (Fsp3) is 0.462. The number of aromatic nitrogens is 4. The van der Waals surface area contributed by atoms with E-state index in [0.29, 0.717) is 56.8 Å². The van der Waals surface area contributed by atoms with E-state index in [2.05, 4.69) is 31.6 Å². The summed E-state index contributed by atoms with van der Waals surface area (Å²) in [5, 5.41) is 0. The summed E-state index contributed by atoms with van der Waals surface area (Å²) in [6, 6.07) is 7.14. The molecule has 13 heteroatoms. The number of hydrogen-bond donors (Lipinski definition) is 1. The molecule has 0 amide bonds. The van der Waals surface area contributed by atoms with Crippen LogP contribution in [0.15, 0.2) is 41.6 Å². The molecule has 0 saturated carbocycles. The van der Waals surface area contributed by atoms with E-state index in [9.17, 15) is 8.42 Å². The van der Waals surface area contributed by atoms with Crippen molar-refractivity contribution in [2.24, 2.45) is 0 Å². The van der Waals surface area contributed by atoms with Gasteiger partial charge in [0.1, 0.15) is 5.82 Å². The molecule has 6 rings (SSSR count). The minimum Gasteiger partial charge on any atom is -0.378 e. The molecular formula is C26H33N9O3S. The quantitative estimate of drug-likeness (QED) is 0.476. The van der Waals surface area contributed by atoms with Crippen LogP contribution in [0.3, 0.4) is 0 Å². The number of morpholine rings is 1. The number of benzene rings is 1. The lowest BCUT2D eigenvalue weighted by molar-refractivity contribution is 0.122. The minimum absolute atomic E-state index is 0.210. The normalized spacial score (nSPS) is 18.9. The number of likely N-dealkylation sites (N-methyl/N-ethyl adjacent to an activating group) is 1. The summed E-state index contributed by atoms with van der Waals surface area (Å²) in [6.07, 6.45) is 4.12. The zero-order valence-electron chi connectivity index (χ0n) is 22.0. The average molecular weight is 552 g/mol. The number of piperazine rings is 1. The molecule has 2 aromatic heterocycles. The van der Waals surface area contributed by atoms with Crippen molar-refractivity contribution in [3.05, 3.63) is 42.2 Å². The van der Waals surface area contributed by atoms with E-state index in [1.165, 1.54) is 0 Å². The summed E-state index contributed by atoms with van der Waals surface area (Å²) < 4.78 is 33.7. The smallest absolute Gasteiger partial charge is 0.243 e. The predicted octanol–water partition coefficient (Wildman–Crippen LogP) is 1.37. The Bertz CT molecular complexity index is 1420. The van der Waals surface area contributed by atoms with Crippen LogP contribution in [0.1, 0.15) is 12.5 Å². The third-order valence-electron chi connectivity index (χ3n) is 7.62. The van der Waals surface area contributed by atoms with Gasteiger partial charge in [0.15, 0.2) is 0 Å². The Balaban J connectivity index is 1.32. The van der Waals surface area contributed by atoms with Gasteiger partial charge in [-0.25, -0.2) is 23.4 Å². The Morgan fingerprint density at radius 1 is 0.923 bits per heavy atom. The molecule has 0 aliphatic carbocycles. The summed E-state index contributed by atoms with van der Waals surface area (Å²) in [5.74, 6) is 1.65. The molecule has 2 fully saturated rings. The lowest BCUT2D eigenvalue weighted by Crippen LogP contribution is -2.48. The molecular weight excluding hydrogens is 518 g/mol. The van der Waals surface area contributed by atoms with E-state index < -0.39 is 10.0 Å². The van der Waals surface area contributed by atoms with Crippen molar-refractivity contribution in [2.75, 3.05) is 81.1 Å². The first kappa shape index (κ1) is 25.9. The number of hydrogen-bond acceptors (Lipinski definition) is 11. The first-order valence-corrected chi connectivity index (χ1v) is 14.8. The van der Waals surface area contributed by atoms with Gasteiger partial charge in [0.2, 0.25) is 21.9 Å². The Morgan fingerprint density at radius 3 is 2.28 bits per heavy atom. The van der Waals surface area contributed by atoms with Crippen LogP contribution in [0.5, 0.6) is 0 Å². The molecule has 3 aliphatic heterocycles. The molecule has 0 bridgehead atoms. The van der Waals surface area contributed by atoms with E-state index in [-0.39, 0.29) is 5.95 Å². The highest BCUT2D eigenvalue weighted by Gasteiger charge is 2.31. The van der Waals surface area contributed by atoms with Gasteiger partial charge in [-0.3, -0.25) is 0 Å². The van der Waals surface area contributed by atoms with Gasteiger partial charge in [0.25, 0.3) is 0 Å². The Hall–Kier alpha value is -3.39. The molecule has 0 unspecified atom stereocenters. The van der Waals surface area contributed by atoms with Crippen LogP contribution in [-0.4, -0.2) is 103 Å². The summed E-state index contributed by atoms with van der Waals surface area (Å²) in [7, 11) is -3.54. The molecule has 2 N–H and O–H groups in total. The number of ether oxygens (including phenoxy) is 1. The lowest BCUT2D eigenvalue weighted by atomic mass is 10.1. The highest BCUT2D eigenvalue weighted by molar-refractivity contribution is 7.89. The second-order valence-corrected chi connectivity index (χ2v) is 11.8. The lowest BCUT2D eigenvalue weighted by Gasteiger charge is -2.33. The maximum absolute atomic E-state index is 13.3. The fourth-order valence-corrected chi connectivity index (χ4v) is 6.75. The number of anilines is 4. The molecule has 0 atom stereocenters. The van der Waals surface area contributed by atoms with E-state index >= 15 is 0 Å². The number of fused-ring (bicyclic) bond motifs is 1. The molecule has 206 valence electrons. The van der Waals surface area contributed by atoms with Crippen molar-refractivity contribution >= 4 is 33.4 Å². The maximum Gasteiger partial charge on any atom is 0.243 e. The SMILES string of the molecule is CCN1CCN(S(=O)(=O)c2ccc(N3CCc4c(-c5cnc(N)nc5)nc(N5CCOCC5)nc43)cc2)CC1. The first-order chi connectivity index (χ1) is 18.9. The van der Waals surface area contributed by atoms with Crippen molar-refractivity contribution in [1.29, 1.82) is 0 Å². The number of nitrogens with zero attached hydrogens (tertiary/aromatic N) is 8. The molecule has 3 aromatic rings. The molecule has 12 nitrogen and oxygen atoms in total. The topological polar surface area (TPSA) is 134 Å². The molecule has 0 radical (unpaired) electrons.